The van der Waals surface area contributed by atoms with Gasteiger partial charge in [-0.15, -0.1) is 6.58 Å². The second-order valence-corrected chi connectivity index (χ2v) is 5.89. The van der Waals surface area contributed by atoms with Crippen LogP contribution in [-0.2, 0) is 0 Å². The van der Waals surface area contributed by atoms with Gasteiger partial charge < -0.3 is 5.32 Å². The average molecular weight is 226 g/mol. The molecule has 0 amide bonds. The van der Waals surface area contributed by atoms with E-state index in [1.807, 2.05) is 6.08 Å². The Balaban J connectivity index is 4.01. The van der Waals surface area contributed by atoms with Gasteiger partial charge in [0.25, 0.3) is 0 Å². The summed E-state index contributed by atoms with van der Waals surface area (Å²) in [5.41, 5.74) is 0.223. The summed E-state index contributed by atoms with van der Waals surface area (Å²) in [7, 11) is 0. The molecule has 1 unspecified atom stereocenters. The SMILES string of the molecule is C=CCN(C(C)C)C(C)CCNC(C)(C)C. The van der Waals surface area contributed by atoms with Gasteiger partial charge in [0, 0.05) is 24.2 Å². The van der Waals surface area contributed by atoms with Crippen LogP contribution in [0.5, 0.6) is 0 Å². The number of nitrogens with zero attached hydrogens (tertiary/aromatic N) is 1. The lowest BCUT2D eigenvalue weighted by Gasteiger charge is -2.32. The molecule has 96 valence electrons. The van der Waals surface area contributed by atoms with Gasteiger partial charge in [0.1, 0.15) is 0 Å². The van der Waals surface area contributed by atoms with Gasteiger partial charge in [-0.25, -0.2) is 0 Å². The Morgan fingerprint density at radius 2 is 1.81 bits per heavy atom. The quantitative estimate of drug-likeness (QED) is 0.671. The standard InChI is InChI=1S/C14H30N2/c1-8-11-16(12(2)3)13(4)9-10-15-14(5,6)7/h8,12-13,15H,1,9-11H2,2-7H3. The molecule has 1 atom stereocenters. The lowest BCUT2D eigenvalue weighted by atomic mass is 10.1. The Morgan fingerprint density at radius 3 is 2.19 bits per heavy atom. The molecule has 0 spiro atoms. The Kier molecular flexibility index (Phi) is 6.93. The largest absolute Gasteiger partial charge is 0.312 e. The molecule has 0 aromatic rings. The number of hydrogen-bond donors (Lipinski definition) is 1. The zero-order valence-electron chi connectivity index (χ0n) is 12.0. The predicted octanol–water partition coefficient (Wildman–Crippen LogP) is 3.05. The molecule has 1 N–H and O–H groups in total. The van der Waals surface area contributed by atoms with Crippen LogP contribution in [-0.4, -0.2) is 35.6 Å². The van der Waals surface area contributed by atoms with Crippen molar-refractivity contribution in [1.82, 2.24) is 10.2 Å². The molecule has 0 heterocycles. The second-order valence-electron chi connectivity index (χ2n) is 5.89. The summed E-state index contributed by atoms with van der Waals surface area (Å²) in [4.78, 5) is 2.48. The third kappa shape index (κ3) is 7.02. The molecule has 2 nitrogen and oxygen atoms in total. The number of hydrogen-bond acceptors (Lipinski definition) is 2. The summed E-state index contributed by atoms with van der Waals surface area (Å²) in [5, 5.41) is 3.54. The highest BCUT2D eigenvalue weighted by atomic mass is 15.2. The minimum absolute atomic E-state index is 0.223. The maximum atomic E-state index is 3.83. The number of rotatable bonds is 7. The van der Waals surface area contributed by atoms with Gasteiger partial charge >= 0.3 is 0 Å². The van der Waals surface area contributed by atoms with E-state index in [0.29, 0.717) is 12.1 Å². The fourth-order valence-electron chi connectivity index (χ4n) is 1.87. The van der Waals surface area contributed by atoms with Crippen LogP contribution < -0.4 is 5.32 Å². The van der Waals surface area contributed by atoms with Crippen molar-refractivity contribution < 1.29 is 0 Å². The van der Waals surface area contributed by atoms with Crippen molar-refractivity contribution in [3.63, 3.8) is 0 Å². The maximum absolute atomic E-state index is 3.83. The summed E-state index contributed by atoms with van der Waals surface area (Å²) in [6, 6.07) is 1.19. The van der Waals surface area contributed by atoms with Crippen LogP contribution in [0.3, 0.4) is 0 Å². The predicted molar refractivity (Wildman–Crippen MR) is 73.9 cm³/mol. The summed E-state index contributed by atoms with van der Waals surface area (Å²) in [5.74, 6) is 0. The monoisotopic (exact) mass is 226 g/mol. The maximum Gasteiger partial charge on any atom is 0.0166 e. The molecule has 2 heteroatoms. The van der Waals surface area contributed by atoms with Crippen molar-refractivity contribution in [1.29, 1.82) is 0 Å². The smallest absolute Gasteiger partial charge is 0.0166 e. The van der Waals surface area contributed by atoms with Crippen LogP contribution in [0.2, 0.25) is 0 Å². The van der Waals surface area contributed by atoms with E-state index < -0.39 is 0 Å². The van der Waals surface area contributed by atoms with E-state index in [1.165, 1.54) is 6.42 Å². The topological polar surface area (TPSA) is 15.3 Å². The molecule has 0 bridgehead atoms. The minimum atomic E-state index is 0.223. The zero-order chi connectivity index (χ0) is 12.8. The molecule has 0 aliphatic heterocycles. The van der Waals surface area contributed by atoms with Gasteiger partial charge in [-0.2, -0.15) is 0 Å². The lowest BCUT2D eigenvalue weighted by Crippen LogP contribution is -2.43. The Hall–Kier alpha value is -0.340. The van der Waals surface area contributed by atoms with Crippen molar-refractivity contribution in [2.45, 2.75) is 65.6 Å². The van der Waals surface area contributed by atoms with Crippen LogP contribution in [0.4, 0.5) is 0 Å². The van der Waals surface area contributed by atoms with E-state index in [0.717, 1.165) is 13.1 Å². The van der Waals surface area contributed by atoms with E-state index in [1.54, 1.807) is 0 Å². The normalized spacial score (nSPS) is 14.5. The van der Waals surface area contributed by atoms with E-state index in [2.05, 4.69) is 58.3 Å². The Labute approximate surface area is 102 Å². The van der Waals surface area contributed by atoms with Crippen molar-refractivity contribution in [2.24, 2.45) is 0 Å². The second kappa shape index (κ2) is 7.08. The Morgan fingerprint density at radius 1 is 1.25 bits per heavy atom. The van der Waals surface area contributed by atoms with E-state index in [9.17, 15) is 0 Å². The van der Waals surface area contributed by atoms with Crippen molar-refractivity contribution in [2.75, 3.05) is 13.1 Å². The molecule has 0 saturated carbocycles. The highest BCUT2D eigenvalue weighted by Gasteiger charge is 2.16. The van der Waals surface area contributed by atoms with Crippen LogP contribution in [0.25, 0.3) is 0 Å². The third-order valence-electron chi connectivity index (χ3n) is 2.79. The van der Waals surface area contributed by atoms with Crippen molar-refractivity contribution in [3.05, 3.63) is 12.7 Å². The molecule has 16 heavy (non-hydrogen) atoms. The molecule has 0 aliphatic rings. The van der Waals surface area contributed by atoms with Crippen LogP contribution in [0.1, 0.15) is 48.0 Å². The van der Waals surface area contributed by atoms with E-state index >= 15 is 0 Å². The van der Waals surface area contributed by atoms with Gasteiger partial charge in [0.15, 0.2) is 0 Å². The van der Waals surface area contributed by atoms with Crippen molar-refractivity contribution in [3.8, 4) is 0 Å². The molecule has 0 aliphatic carbocycles. The molecular weight excluding hydrogens is 196 g/mol. The number of nitrogens with one attached hydrogen (secondary N) is 1. The fraction of sp³-hybridized carbons (Fsp3) is 0.857. The van der Waals surface area contributed by atoms with Gasteiger partial charge in [0.05, 0.1) is 0 Å². The molecule has 0 saturated heterocycles. The van der Waals surface area contributed by atoms with Gasteiger partial charge in [0.2, 0.25) is 0 Å². The van der Waals surface area contributed by atoms with Gasteiger partial charge in [-0.1, -0.05) is 6.08 Å². The summed E-state index contributed by atoms with van der Waals surface area (Å²) < 4.78 is 0. The van der Waals surface area contributed by atoms with Crippen LogP contribution in [0, 0.1) is 0 Å². The van der Waals surface area contributed by atoms with Gasteiger partial charge in [-0.05, 0) is 54.5 Å². The molecule has 0 aromatic heterocycles. The Bertz CT molecular complexity index is 191. The molecule has 0 rings (SSSR count). The summed E-state index contributed by atoms with van der Waals surface area (Å²) in [6.45, 7) is 19.3. The summed E-state index contributed by atoms with van der Waals surface area (Å²) >= 11 is 0. The first-order valence-corrected chi connectivity index (χ1v) is 6.39. The minimum Gasteiger partial charge on any atom is -0.312 e. The molecule has 0 fully saturated rings. The highest BCUT2D eigenvalue weighted by Crippen LogP contribution is 2.09. The zero-order valence-corrected chi connectivity index (χ0v) is 12.0. The van der Waals surface area contributed by atoms with E-state index in [-0.39, 0.29) is 5.54 Å². The molecule has 0 aromatic carbocycles. The molecule has 0 radical (unpaired) electrons. The van der Waals surface area contributed by atoms with E-state index in [4.69, 9.17) is 0 Å². The van der Waals surface area contributed by atoms with Gasteiger partial charge in [-0.3, -0.25) is 4.90 Å². The lowest BCUT2D eigenvalue weighted by molar-refractivity contribution is 0.173. The molecular formula is C14H30N2. The van der Waals surface area contributed by atoms with Crippen molar-refractivity contribution >= 4 is 0 Å². The highest BCUT2D eigenvalue weighted by molar-refractivity contribution is 4.81. The summed E-state index contributed by atoms with van der Waals surface area (Å²) in [6.07, 6.45) is 3.18. The first kappa shape index (κ1) is 15.7. The fourth-order valence-corrected chi connectivity index (χ4v) is 1.87. The van der Waals surface area contributed by atoms with Crippen LogP contribution in [0.15, 0.2) is 12.7 Å². The average Bonchev–Trinajstić information content (AvgIpc) is 2.11. The first-order chi connectivity index (χ1) is 7.28. The first-order valence-electron chi connectivity index (χ1n) is 6.39. The van der Waals surface area contributed by atoms with Crippen LogP contribution >= 0.6 is 0 Å². The third-order valence-corrected chi connectivity index (χ3v) is 2.79.